The van der Waals surface area contributed by atoms with Crippen molar-refractivity contribution in [1.82, 2.24) is 4.90 Å². The summed E-state index contributed by atoms with van der Waals surface area (Å²) >= 11 is 0. The van der Waals surface area contributed by atoms with Crippen molar-refractivity contribution in [2.24, 2.45) is 0 Å². The summed E-state index contributed by atoms with van der Waals surface area (Å²) in [6.45, 7) is 5.82. The second kappa shape index (κ2) is 4.56. The summed E-state index contributed by atoms with van der Waals surface area (Å²) in [5, 5.41) is 3.30. The van der Waals surface area contributed by atoms with Gasteiger partial charge in [-0.15, -0.1) is 0 Å². The normalized spacial score (nSPS) is 17.4. The first-order valence-corrected chi connectivity index (χ1v) is 5.88. The zero-order valence-corrected chi connectivity index (χ0v) is 9.86. The Balaban J connectivity index is 2.33. The van der Waals surface area contributed by atoms with Gasteiger partial charge in [0.05, 0.1) is 5.56 Å². The molecule has 0 radical (unpaired) electrons. The third-order valence-electron chi connectivity index (χ3n) is 3.21. The molecule has 0 aromatic heterocycles. The lowest BCUT2D eigenvalue weighted by Crippen LogP contribution is -2.39. The molecule has 3 heteroatoms. The Hall–Kier alpha value is -1.51. The van der Waals surface area contributed by atoms with E-state index in [1.807, 2.05) is 29.2 Å². The zero-order valence-electron chi connectivity index (χ0n) is 9.86. The van der Waals surface area contributed by atoms with Crippen molar-refractivity contribution in [1.29, 1.82) is 0 Å². The fraction of sp³-hybridized carbons (Fsp3) is 0.462. The summed E-state index contributed by atoms with van der Waals surface area (Å²) in [7, 11) is 0. The number of rotatable bonds is 2. The van der Waals surface area contributed by atoms with Crippen LogP contribution < -0.4 is 5.32 Å². The van der Waals surface area contributed by atoms with Gasteiger partial charge < -0.3 is 10.2 Å². The third kappa shape index (κ3) is 1.90. The van der Waals surface area contributed by atoms with Gasteiger partial charge in [-0.25, -0.2) is 0 Å². The molecule has 1 heterocycles. The first-order valence-electron chi connectivity index (χ1n) is 5.88. The number of nitrogens with zero attached hydrogens (tertiary/aromatic N) is 1. The highest BCUT2D eigenvalue weighted by atomic mass is 16.2. The average molecular weight is 218 g/mol. The summed E-state index contributed by atoms with van der Waals surface area (Å²) in [6.07, 6.45) is 0.994. The Morgan fingerprint density at radius 2 is 2.19 bits per heavy atom. The molecule has 0 saturated carbocycles. The van der Waals surface area contributed by atoms with Crippen LogP contribution in [0.25, 0.3) is 0 Å². The first kappa shape index (κ1) is 11.0. The number of amides is 1. The van der Waals surface area contributed by atoms with Crippen LogP contribution in [0, 0.1) is 0 Å². The molecular weight excluding hydrogens is 200 g/mol. The summed E-state index contributed by atoms with van der Waals surface area (Å²) < 4.78 is 0. The monoisotopic (exact) mass is 218 g/mol. The lowest BCUT2D eigenvalue weighted by molar-refractivity contribution is 0.0703. The molecule has 1 amide bonds. The Labute approximate surface area is 96.5 Å². The summed E-state index contributed by atoms with van der Waals surface area (Å²) in [6, 6.07) is 8.04. The van der Waals surface area contributed by atoms with Crippen LogP contribution in [0.2, 0.25) is 0 Å². The maximum Gasteiger partial charge on any atom is 0.256 e. The number of hydrogen-bond acceptors (Lipinski definition) is 2. The van der Waals surface area contributed by atoms with Crippen molar-refractivity contribution in [3.63, 3.8) is 0 Å². The molecule has 0 bridgehead atoms. The van der Waals surface area contributed by atoms with Gasteiger partial charge in [0.25, 0.3) is 5.91 Å². The number of para-hydroxylation sites is 1. The fourth-order valence-electron chi connectivity index (χ4n) is 2.03. The molecule has 0 fully saturated rings. The SMILES string of the molecule is CCC(C)N1CCNc2ccccc2C1=O. The van der Waals surface area contributed by atoms with E-state index in [1.165, 1.54) is 0 Å². The Morgan fingerprint density at radius 1 is 1.44 bits per heavy atom. The van der Waals surface area contributed by atoms with Gasteiger partial charge in [-0.05, 0) is 25.5 Å². The van der Waals surface area contributed by atoms with E-state index in [2.05, 4.69) is 19.2 Å². The highest BCUT2D eigenvalue weighted by Gasteiger charge is 2.24. The van der Waals surface area contributed by atoms with Crippen molar-refractivity contribution < 1.29 is 4.79 Å². The van der Waals surface area contributed by atoms with Crippen LogP contribution in [0.3, 0.4) is 0 Å². The van der Waals surface area contributed by atoms with E-state index in [0.29, 0.717) is 6.04 Å². The number of anilines is 1. The second-order valence-corrected chi connectivity index (χ2v) is 4.23. The number of carbonyl (C=O) groups excluding carboxylic acids is 1. The van der Waals surface area contributed by atoms with Crippen LogP contribution in [0.15, 0.2) is 24.3 Å². The van der Waals surface area contributed by atoms with Gasteiger partial charge in [0.2, 0.25) is 0 Å². The molecular formula is C13H18N2O. The molecule has 1 unspecified atom stereocenters. The van der Waals surface area contributed by atoms with E-state index in [4.69, 9.17) is 0 Å². The van der Waals surface area contributed by atoms with Crippen LogP contribution >= 0.6 is 0 Å². The molecule has 3 nitrogen and oxygen atoms in total. The molecule has 1 N–H and O–H groups in total. The summed E-state index contributed by atoms with van der Waals surface area (Å²) in [4.78, 5) is 14.3. The maximum atomic E-state index is 12.3. The zero-order chi connectivity index (χ0) is 11.5. The maximum absolute atomic E-state index is 12.3. The molecule has 1 aromatic rings. The van der Waals surface area contributed by atoms with E-state index >= 15 is 0 Å². The van der Waals surface area contributed by atoms with Crippen molar-refractivity contribution in [3.8, 4) is 0 Å². The number of carbonyl (C=O) groups is 1. The number of fused-ring (bicyclic) bond motifs is 1. The second-order valence-electron chi connectivity index (χ2n) is 4.23. The number of benzene rings is 1. The number of nitrogens with one attached hydrogen (secondary N) is 1. The molecule has 0 spiro atoms. The molecule has 16 heavy (non-hydrogen) atoms. The lowest BCUT2D eigenvalue weighted by Gasteiger charge is -2.26. The van der Waals surface area contributed by atoms with Gasteiger partial charge >= 0.3 is 0 Å². The van der Waals surface area contributed by atoms with Crippen molar-refractivity contribution in [2.75, 3.05) is 18.4 Å². The van der Waals surface area contributed by atoms with E-state index < -0.39 is 0 Å². The minimum absolute atomic E-state index is 0.148. The lowest BCUT2D eigenvalue weighted by atomic mass is 10.1. The molecule has 1 aliphatic rings. The van der Waals surface area contributed by atoms with Crippen molar-refractivity contribution in [3.05, 3.63) is 29.8 Å². The third-order valence-corrected chi connectivity index (χ3v) is 3.21. The van der Waals surface area contributed by atoms with Gasteiger partial charge in [-0.2, -0.15) is 0 Å². The predicted molar refractivity (Wildman–Crippen MR) is 65.7 cm³/mol. The van der Waals surface area contributed by atoms with Gasteiger partial charge in [-0.1, -0.05) is 19.1 Å². The van der Waals surface area contributed by atoms with Gasteiger partial charge in [0.1, 0.15) is 0 Å². The van der Waals surface area contributed by atoms with Gasteiger partial charge in [0.15, 0.2) is 0 Å². The summed E-state index contributed by atoms with van der Waals surface area (Å²) in [5.74, 6) is 0.148. The first-order chi connectivity index (χ1) is 7.74. The number of hydrogen-bond donors (Lipinski definition) is 1. The minimum atomic E-state index is 0.148. The van der Waals surface area contributed by atoms with Crippen LogP contribution in [0.1, 0.15) is 30.6 Å². The Kier molecular flexibility index (Phi) is 3.13. The average Bonchev–Trinajstić information content (AvgIpc) is 2.49. The molecule has 1 atom stereocenters. The van der Waals surface area contributed by atoms with Crippen molar-refractivity contribution in [2.45, 2.75) is 26.3 Å². The largest absolute Gasteiger partial charge is 0.383 e. The van der Waals surface area contributed by atoms with Crippen LogP contribution in [-0.4, -0.2) is 29.9 Å². The highest BCUT2D eigenvalue weighted by Crippen LogP contribution is 2.21. The van der Waals surface area contributed by atoms with Gasteiger partial charge in [0, 0.05) is 24.8 Å². The topological polar surface area (TPSA) is 32.3 Å². The van der Waals surface area contributed by atoms with Crippen LogP contribution in [0.5, 0.6) is 0 Å². The smallest absolute Gasteiger partial charge is 0.256 e. The van der Waals surface area contributed by atoms with Crippen LogP contribution in [-0.2, 0) is 0 Å². The molecule has 0 saturated heterocycles. The van der Waals surface area contributed by atoms with E-state index in [1.54, 1.807) is 0 Å². The van der Waals surface area contributed by atoms with E-state index in [-0.39, 0.29) is 5.91 Å². The molecule has 1 aliphatic heterocycles. The molecule has 86 valence electrons. The van der Waals surface area contributed by atoms with Gasteiger partial charge in [-0.3, -0.25) is 4.79 Å². The summed E-state index contributed by atoms with van der Waals surface area (Å²) in [5.41, 5.74) is 1.75. The van der Waals surface area contributed by atoms with E-state index in [9.17, 15) is 4.79 Å². The highest BCUT2D eigenvalue weighted by molar-refractivity contribution is 6.00. The standard InChI is InChI=1S/C13H18N2O/c1-3-10(2)15-9-8-14-12-7-5-4-6-11(12)13(15)16/h4-7,10,14H,3,8-9H2,1-2H3. The molecule has 0 aliphatic carbocycles. The predicted octanol–water partition coefficient (Wildman–Crippen LogP) is 2.35. The quantitative estimate of drug-likeness (QED) is 0.826. The fourth-order valence-corrected chi connectivity index (χ4v) is 2.03. The Bertz CT molecular complexity index is 389. The molecule has 1 aromatic carbocycles. The molecule has 2 rings (SSSR count). The van der Waals surface area contributed by atoms with Crippen molar-refractivity contribution >= 4 is 11.6 Å². The Morgan fingerprint density at radius 3 is 2.94 bits per heavy atom. The van der Waals surface area contributed by atoms with E-state index in [0.717, 1.165) is 30.8 Å². The van der Waals surface area contributed by atoms with Crippen LogP contribution in [0.4, 0.5) is 5.69 Å². The minimum Gasteiger partial charge on any atom is -0.383 e.